The van der Waals surface area contributed by atoms with Gasteiger partial charge in [-0.1, -0.05) is 48.5 Å². The molecule has 0 heterocycles. The van der Waals surface area contributed by atoms with Crippen molar-refractivity contribution in [3.8, 4) is 11.1 Å². The number of aliphatic carboxylic acids is 1. The van der Waals surface area contributed by atoms with Crippen LogP contribution >= 0.6 is 0 Å². The van der Waals surface area contributed by atoms with Crippen LogP contribution in [0.3, 0.4) is 0 Å². The molecule has 0 spiro atoms. The van der Waals surface area contributed by atoms with Gasteiger partial charge in [0, 0.05) is 24.9 Å². The summed E-state index contributed by atoms with van der Waals surface area (Å²) in [6.45, 7) is 3.93. The number of benzene rings is 2. The second-order valence-corrected chi connectivity index (χ2v) is 8.90. The lowest BCUT2D eigenvalue weighted by Gasteiger charge is -2.36. The lowest BCUT2D eigenvalue weighted by Crippen LogP contribution is -2.48. The molecule has 7 nitrogen and oxygen atoms in total. The molecule has 1 unspecified atom stereocenters. The molecule has 33 heavy (non-hydrogen) atoms. The van der Waals surface area contributed by atoms with Gasteiger partial charge in [-0.2, -0.15) is 0 Å². The fraction of sp³-hybridized carbons (Fsp3) is 0.423. The van der Waals surface area contributed by atoms with Crippen LogP contribution < -0.4 is 5.32 Å². The minimum absolute atomic E-state index is 0.0196. The Kier molecular flexibility index (Phi) is 6.67. The number of amides is 2. The van der Waals surface area contributed by atoms with Gasteiger partial charge in [-0.25, -0.2) is 9.59 Å². The van der Waals surface area contributed by atoms with Gasteiger partial charge in [-0.05, 0) is 54.9 Å². The first-order valence-electron chi connectivity index (χ1n) is 11.5. The van der Waals surface area contributed by atoms with Crippen LogP contribution in [0.5, 0.6) is 0 Å². The molecule has 1 fully saturated rings. The highest BCUT2D eigenvalue weighted by atomic mass is 16.5. The minimum atomic E-state index is -1.01. The Hall–Kier alpha value is -3.35. The van der Waals surface area contributed by atoms with Gasteiger partial charge >= 0.3 is 12.1 Å². The van der Waals surface area contributed by atoms with E-state index in [9.17, 15) is 14.4 Å². The lowest BCUT2D eigenvalue weighted by molar-refractivity contribution is -0.150. The summed E-state index contributed by atoms with van der Waals surface area (Å²) in [5, 5.41) is 12.1. The van der Waals surface area contributed by atoms with E-state index in [-0.39, 0.29) is 30.4 Å². The summed E-state index contributed by atoms with van der Waals surface area (Å²) in [4.78, 5) is 37.4. The number of carboxylic acids is 1. The normalized spacial score (nSPS) is 19.6. The molecule has 4 rings (SSSR count). The predicted octanol–water partition coefficient (Wildman–Crippen LogP) is 4.02. The molecule has 2 aromatic rings. The largest absolute Gasteiger partial charge is 0.480 e. The average molecular weight is 451 g/mol. The SMILES string of the molecule is CCN(C(=O)CC1CC(NC(=O)OCC2c3ccccc3-c3ccccc32)C1)C(C)C(=O)O. The van der Waals surface area contributed by atoms with Crippen molar-refractivity contribution < 1.29 is 24.2 Å². The minimum Gasteiger partial charge on any atom is -0.480 e. The fourth-order valence-electron chi connectivity index (χ4n) is 4.99. The first-order chi connectivity index (χ1) is 15.9. The van der Waals surface area contributed by atoms with E-state index in [0.717, 1.165) is 0 Å². The van der Waals surface area contributed by atoms with E-state index in [4.69, 9.17) is 9.84 Å². The molecule has 7 heteroatoms. The van der Waals surface area contributed by atoms with E-state index in [1.54, 1.807) is 6.92 Å². The zero-order valence-electron chi connectivity index (χ0n) is 19.0. The molecule has 2 N–H and O–H groups in total. The highest BCUT2D eigenvalue weighted by molar-refractivity contribution is 5.83. The standard InChI is InChI=1S/C26H30N2O5/c1-3-28(16(2)25(30)31)24(29)14-17-12-18(13-17)27-26(32)33-15-23-21-10-6-4-8-19(21)20-9-5-7-11-22(20)23/h4-11,16-18,23H,3,12-15H2,1-2H3,(H,27,32)(H,30,31). The Balaban J connectivity index is 1.25. The van der Waals surface area contributed by atoms with Crippen molar-refractivity contribution >= 4 is 18.0 Å². The van der Waals surface area contributed by atoms with Gasteiger partial charge in [0.25, 0.3) is 0 Å². The summed E-state index contributed by atoms with van der Waals surface area (Å²) in [5.74, 6) is -0.997. The molecule has 0 radical (unpaired) electrons. The van der Waals surface area contributed by atoms with Gasteiger partial charge in [0.2, 0.25) is 5.91 Å². The van der Waals surface area contributed by atoms with Crippen LogP contribution in [0.4, 0.5) is 4.79 Å². The smallest absolute Gasteiger partial charge is 0.407 e. The Morgan fingerprint density at radius 1 is 1.06 bits per heavy atom. The lowest BCUT2D eigenvalue weighted by atomic mass is 9.78. The first-order valence-corrected chi connectivity index (χ1v) is 11.5. The van der Waals surface area contributed by atoms with Gasteiger partial charge in [0.1, 0.15) is 12.6 Å². The van der Waals surface area contributed by atoms with E-state index < -0.39 is 18.1 Å². The van der Waals surface area contributed by atoms with Crippen LogP contribution in [-0.4, -0.2) is 53.2 Å². The van der Waals surface area contributed by atoms with Crippen molar-refractivity contribution in [2.45, 2.75) is 51.1 Å². The number of carbonyl (C=O) groups excluding carboxylic acids is 2. The number of nitrogens with zero attached hydrogens (tertiary/aromatic N) is 1. The molecule has 0 saturated heterocycles. The highest BCUT2D eigenvalue weighted by Gasteiger charge is 2.35. The highest BCUT2D eigenvalue weighted by Crippen LogP contribution is 2.44. The molecule has 1 saturated carbocycles. The Morgan fingerprint density at radius 2 is 1.64 bits per heavy atom. The van der Waals surface area contributed by atoms with E-state index in [2.05, 4.69) is 29.6 Å². The molecule has 2 aliphatic rings. The molecule has 0 aromatic heterocycles. The van der Waals surface area contributed by atoms with Crippen LogP contribution in [-0.2, 0) is 14.3 Å². The Labute approximate surface area is 193 Å². The Morgan fingerprint density at radius 3 is 2.18 bits per heavy atom. The molecule has 2 aliphatic carbocycles. The number of fused-ring (bicyclic) bond motifs is 3. The summed E-state index contributed by atoms with van der Waals surface area (Å²) in [7, 11) is 0. The summed E-state index contributed by atoms with van der Waals surface area (Å²) in [6.07, 6.45) is 1.24. The molecular weight excluding hydrogens is 420 g/mol. The molecule has 2 amide bonds. The van der Waals surface area contributed by atoms with Crippen LogP contribution in [0.1, 0.15) is 50.2 Å². The third-order valence-electron chi connectivity index (χ3n) is 6.85. The van der Waals surface area contributed by atoms with Crippen molar-refractivity contribution in [1.82, 2.24) is 10.2 Å². The van der Waals surface area contributed by atoms with Crippen molar-refractivity contribution in [2.75, 3.05) is 13.2 Å². The summed E-state index contributed by atoms with van der Waals surface area (Å²) in [5.41, 5.74) is 4.72. The number of nitrogens with one attached hydrogen (secondary N) is 1. The maximum absolute atomic E-state index is 12.5. The molecule has 2 aromatic carbocycles. The number of carbonyl (C=O) groups is 3. The van der Waals surface area contributed by atoms with Crippen molar-refractivity contribution in [1.29, 1.82) is 0 Å². The van der Waals surface area contributed by atoms with E-state index in [1.165, 1.54) is 34.1 Å². The number of hydrogen-bond donors (Lipinski definition) is 2. The topological polar surface area (TPSA) is 95.9 Å². The first kappa shape index (κ1) is 22.8. The summed E-state index contributed by atoms with van der Waals surface area (Å²) in [6, 6.07) is 15.6. The molecule has 1 atom stereocenters. The van der Waals surface area contributed by atoms with E-state index in [0.29, 0.717) is 25.8 Å². The van der Waals surface area contributed by atoms with E-state index in [1.807, 2.05) is 24.3 Å². The zero-order chi connectivity index (χ0) is 23.5. The summed E-state index contributed by atoms with van der Waals surface area (Å²) < 4.78 is 5.59. The fourth-order valence-corrected chi connectivity index (χ4v) is 4.99. The number of likely N-dealkylation sites (N-methyl/N-ethyl adjacent to an activating group) is 1. The number of ether oxygens (including phenoxy) is 1. The third-order valence-corrected chi connectivity index (χ3v) is 6.85. The quantitative estimate of drug-likeness (QED) is 0.633. The second kappa shape index (κ2) is 9.65. The molecular formula is C26H30N2O5. The third kappa shape index (κ3) is 4.72. The van der Waals surface area contributed by atoms with Gasteiger partial charge < -0.3 is 20.1 Å². The number of alkyl carbamates (subject to hydrolysis) is 1. The van der Waals surface area contributed by atoms with Crippen molar-refractivity contribution in [2.24, 2.45) is 5.92 Å². The van der Waals surface area contributed by atoms with Crippen LogP contribution in [0.25, 0.3) is 11.1 Å². The molecule has 0 aliphatic heterocycles. The van der Waals surface area contributed by atoms with Gasteiger partial charge in [0.05, 0.1) is 0 Å². The summed E-state index contributed by atoms with van der Waals surface area (Å²) >= 11 is 0. The number of rotatable bonds is 8. The van der Waals surface area contributed by atoms with Crippen LogP contribution in [0, 0.1) is 5.92 Å². The number of carboxylic acid groups (broad SMARTS) is 1. The maximum atomic E-state index is 12.5. The molecule has 174 valence electrons. The Bertz CT molecular complexity index is 1000. The molecule has 0 bridgehead atoms. The van der Waals surface area contributed by atoms with Crippen LogP contribution in [0.15, 0.2) is 48.5 Å². The van der Waals surface area contributed by atoms with Crippen molar-refractivity contribution in [3.05, 3.63) is 59.7 Å². The number of hydrogen-bond acceptors (Lipinski definition) is 4. The predicted molar refractivity (Wildman–Crippen MR) is 124 cm³/mol. The second-order valence-electron chi connectivity index (χ2n) is 8.90. The van der Waals surface area contributed by atoms with Gasteiger partial charge in [-0.3, -0.25) is 4.79 Å². The van der Waals surface area contributed by atoms with Gasteiger partial charge in [0.15, 0.2) is 0 Å². The van der Waals surface area contributed by atoms with Crippen LogP contribution in [0.2, 0.25) is 0 Å². The van der Waals surface area contributed by atoms with Crippen molar-refractivity contribution in [3.63, 3.8) is 0 Å². The van der Waals surface area contributed by atoms with Gasteiger partial charge in [-0.15, -0.1) is 0 Å². The van der Waals surface area contributed by atoms with E-state index >= 15 is 0 Å². The zero-order valence-corrected chi connectivity index (χ0v) is 19.0. The maximum Gasteiger partial charge on any atom is 0.407 e. The monoisotopic (exact) mass is 450 g/mol. The average Bonchev–Trinajstić information content (AvgIpc) is 3.10.